The van der Waals surface area contributed by atoms with Crippen LogP contribution < -0.4 is 16.0 Å². The number of rotatable bonds is 6. The molecule has 2 aliphatic rings. The molecule has 1 heterocycles. The summed E-state index contributed by atoms with van der Waals surface area (Å²) in [6.45, 7) is 1.69. The molecule has 164 valence electrons. The third-order valence-electron chi connectivity index (χ3n) is 5.67. The van der Waals surface area contributed by atoms with Gasteiger partial charge < -0.3 is 16.0 Å². The third kappa shape index (κ3) is 6.66. The van der Waals surface area contributed by atoms with Gasteiger partial charge in [0.15, 0.2) is 0 Å². The van der Waals surface area contributed by atoms with Crippen molar-refractivity contribution in [3.63, 3.8) is 0 Å². The predicted octanol–water partition coefficient (Wildman–Crippen LogP) is 3.39. The molecular formula is C20H28BrN5O4. The summed E-state index contributed by atoms with van der Waals surface area (Å²) in [5, 5.41) is 19.7. The van der Waals surface area contributed by atoms with Gasteiger partial charge in [-0.1, -0.05) is 19.3 Å². The van der Waals surface area contributed by atoms with Crippen LogP contribution in [0.25, 0.3) is 0 Å². The number of nitro benzene ring substituents is 1. The molecule has 1 saturated heterocycles. The Hall–Kier alpha value is -2.20. The molecule has 1 aromatic carbocycles. The Bertz CT molecular complexity index is 776. The Labute approximate surface area is 184 Å². The van der Waals surface area contributed by atoms with Gasteiger partial charge in [-0.05, 0) is 47.7 Å². The van der Waals surface area contributed by atoms with Gasteiger partial charge in [0, 0.05) is 41.8 Å². The number of nitrogens with zero attached hydrogens (tertiary/aromatic N) is 2. The van der Waals surface area contributed by atoms with Crippen LogP contribution in [0.5, 0.6) is 0 Å². The summed E-state index contributed by atoms with van der Waals surface area (Å²) in [5.74, 6) is -0.175. The van der Waals surface area contributed by atoms with E-state index < -0.39 is 4.92 Å². The van der Waals surface area contributed by atoms with Crippen molar-refractivity contribution in [1.82, 2.24) is 15.5 Å². The van der Waals surface area contributed by atoms with E-state index in [9.17, 15) is 19.7 Å². The van der Waals surface area contributed by atoms with Gasteiger partial charge in [-0.15, -0.1) is 0 Å². The molecule has 0 radical (unpaired) electrons. The summed E-state index contributed by atoms with van der Waals surface area (Å²) >= 11 is 3.26. The van der Waals surface area contributed by atoms with Gasteiger partial charge in [-0.3, -0.25) is 19.8 Å². The summed E-state index contributed by atoms with van der Waals surface area (Å²) in [4.78, 5) is 36.9. The number of amides is 3. The second-order valence-corrected chi connectivity index (χ2v) is 8.83. The van der Waals surface area contributed by atoms with Crippen LogP contribution in [0.15, 0.2) is 22.7 Å². The SMILES string of the molecule is O=C(CN1CCC(NC(=O)NC2CCCCC2)CC1)Nc1ccc([N+](=O)[O-])cc1Br. The van der Waals surface area contributed by atoms with Gasteiger partial charge in [0.25, 0.3) is 5.69 Å². The zero-order valence-electron chi connectivity index (χ0n) is 16.9. The van der Waals surface area contributed by atoms with E-state index in [0.29, 0.717) is 16.2 Å². The topological polar surface area (TPSA) is 117 Å². The highest BCUT2D eigenvalue weighted by Crippen LogP contribution is 2.27. The Kier molecular flexibility index (Phi) is 8.03. The molecule has 1 saturated carbocycles. The largest absolute Gasteiger partial charge is 0.335 e. The van der Waals surface area contributed by atoms with Crippen LogP contribution in [0, 0.1) is 10.1 Å². The normalized spacial score (nSPS) is 18.6. The van der Waals surface area contributed by atoms with E-state index in [-0.39, 0.29) is 30.2 Å². The van der Waals surface area contributed by atoms with Gasteiger partial charge in [0.05, 0.1) is 17.2 Å². The lowest BCUT2D eigenvalue weighted by atomic mass is 9.96. The lowest BCUT2D eigenvalue weighted by Crippen LogP contribution is -2.51. The molecule has 3 amide bonds. The summed E-state index contributed by atoms with van der Waals surface area (Å²) in [5.41, 5.74) is 0.462. The number of carbonyl (C=O) groups is 2. The number of anilines is 1. The minimum atomic E-state index is -0.482. The molecule has 0 atom stereocenters. The zero-order valence-corrected chi connectivity index (χ0v) is 18.4. The van der Waals surface area contributed by atoms with Crippen molar-refractivity contribution in [1.29, 1.82) is 0 Å². The molecule has 30 heavy (non-hydrogen) atoms. The number of non-ortho nitro benzene ring substituents is 1. The molecule has 3 rings (SSSR count). The van der Waals surface area contributed by atoms with E-state index in [1.807, 2.05) is 4.90 Å². The van der Waals surface area contributed by atoms with E-state index in [0.717, 1.165) is 38.8 Å². The van der Waals surface area contributed by atoms with Crippen LogP contribution in [0.4, 0.5) is 16.2 Å². The number of carbonyl (C=O) groups excluding carboxylic acids is 2. The van der Waals surface area contributed by atoms with Crippen molar-refractivity contribution >= 4 is 39.2 Å². The smallest absolute Gasteiger partial charge is 0.315 e. The predicted molar refractivity (Wildman–Crippen MR) is 117 cm³/mol. The number of halogens is 1. The quantitative estimate of drug-likeness (QED) is 0.425. The molecule has 0 unspecified atom stereocenters. The highest BCUT2D eigenvalue weighted by molar-refractivity contribution is 9.10. The average Bonchev–Trinajstić information content (AvgIpc) is 2.71. The summed E-state index contributed by atoms with van der Waals surface area (Å²) in [7, 11) is 0. The highest BCUT2D eigenvalue weighted by atomic mass is 79.9. The molecule has 1 aliphatic carbocycles. The van der Waals surface area contributed by atoms with E-state index in [1.165, 1.54) is 37.5 Å². The van der Waals surface area contributed by atoms with Gasteiger partial charge in [-0.25, -0.2) is 4.79 Å². The van der Waals surface area contributed by atoms with Crippen molar-refractivity contribution in [3.05, 3.63) is 32.8 Å². The van der Waals surface area contributed by atoms with Crippen LogP contribution in [0.3, 0.4) is 0 Å². The number of piperidine rings is 1. The van der Waals surface area contributed by atoms with Crippen molar-refractivity contribution in [2.75, 3.05) is 25.0 Å². The summed E-state index contributed by atoms with van der Waals surface area (Å²) < 4.78 is 0.469. The van der Waals surface area contributed by atoms with Gasteiger partial charge in [0.1, 0.15) is 0 Å². The van der Waals surface area contributed by atoms with Crippen LogP contribution in [0.1, 0.15) is 44.9 Å². The average molecular weight is 482 g/mol. The first kappa shape index (κ1) is 22.5. The number of hydrogen-bond donors (Lipinski definition) is 3. The molecule has 0 aromatic heterocycles. The van der Waals surface area contributed by atoms with Crippen LogP contribution in [-0.2, 0) is 4.79 Å². The molecule has 0 bridgehead atoms. The Morgan fingerprint density at radius 2 is 1.70 bits per heavy atom. The fourth-order valence-corrected chi connectivity index (χ4v) is 4.47. The summed E-state index contributed by atoms with van der Waals surface area (Å²) in [6, 6.07) is 4.57. The Balaban J connectivity index is 1.38. The third-order valence-corrected chi connectivity index (χ3v) is 6.32. The highest BCUT2D eigenvalue weighted by Gasteiger charge is 2.23. The first-order valence-corrected chi connectivity index (χ1v) is 11.2. The molecule has 9 nitrogen and oxygen atoms in total. The van der Waals surface area contributed by atoms with Crippen molar-refractivity contribution in [3.8, 4) is 0 Å². The number of hydrogen-bond acceptors (Lipinski definition) is 5. The molecule has 2 fully saturated rings. The zero-order chi connectivity index (χ0) is 21.5. The van der Waals surface area contributed by atoms with Gasteiger partial charge in [-0.2, -0.15) is 0 Å². The standard InChI is InChI=1S/C20H28BrN5O4/c21-17-12-16(26(29)30)6-7-18(17)24-19(27)13-25-10-8-15(9-11-25)23-20(28)22-14-4-2-1-3-5-14/h6-7,12,14-15H,1-5,8-11,13H2,(H,24,27)(H2,22,23,28). The van der Waals surface area contributed by atoms with Crippen molar-refractivity contribution < 1.29 is 14.5 Å². The molecular weight excluding hydrogens is 454 g/mol. The molecule has 1 aromatic rings. The Morgan fingerprint density at radius 3 is 2.30 bits per heavy atom. The monoisotopic (exact) mass is 481 g/mol. The fraction of sp³-hybridized carbons (Fsp3) is 0.600. The molecule has 1 aliphatic heterocycles. The Morgan fingerprint density at radius 1 is 1.07 bits per heavy atom. The van der Waals surface area contributed by atoms with E-state index in [4.69, 9.17) is 0 Å². The first-order valence-electron chi connectivity index (χ1n) is 10.4. The number of nitro groups is 1. The molecule has 3 N–H and O–H groups in total. The second-order valence-electron chi connectivity index (χ2n) is 7.97. The van der Waals surface area contributed by atoms with E-state index >= 15 is 0 Å². The van der Waals surface area contributed by atoms with Crippen LogP contribution in [0.2, 0.25) is 0 Å². The minimum Gasteiger partial charge on any atom is -0.335 e. The minimum absolute atomic E-state index is 0.0398. The van der Waals surface area contributed by atoms with Crippen LogP contribution >= 0.6 is 15.9 Å². The number of nitrogens with one attached hydrogen (secondary N) is 3. The lowest BCUT2D eigenvalue weighted by molar-refractivity contribution is -0.384. The second kappa shape index (κ2) is 10.7. The van der Waals surface area contributed by atoms with Crippen LogP contribution in [-0.4, -0.2) is 53.5 Å². The maximum absolute atomic E-state index is 12.3. The van der Waals surface area contributed by atoms with Gasteiger partial charge >= 0.3 is 6.03 Å². The van der Waals surface area contributed by atoms with Crippen molar-refractivity contribution in [2.45, 2.75) is 57.0 Å². The maximum Gasteiger partial charge on any atom is 0.315 e. The maximum atomic E-state index is 12.3. The number of likely N-dealkylation sites (tertiary alicyclic amines) is 1. The molecule has 10 heteroatoms. The molecule has 0 spiro atoms. The lowest BCUT2D eigenvalue weighted by Gasteiger charge is -2.32. The van der Waals surface area contributed by atoms with Gasteiger partial charge in [0.2, 0.25) is 5.91 Å². The number of urea groups is 1. The first-order chi connectivity index (χ1) is 14.4. The number of benzene rings is 1. The van der Waals surface area contributed by atoms with E-state index in [2.05, 4.69) is 31.9 Å². The van der Waals surface area contributed by atoms with Crippen molar-refractivity contribution in [2.24, 2.45) is 0 Å². The fourth-order valence-electron chi connectivity index (χ4n) is 4.01. The summed E-state index contributed by atoms with van der Waals surface area (Å²) in [6.07, 6.45) is 7.34. The van der Waals surface area contributed by atoms with E-state index in [1.54, 1.807) is 0 Å².